The molecule has 2 unspecified atom stereocenters. The number of hydrogen-bond donors (Lipinski definition) is 1. The van der Waals surface area contributed by atoms with Crippen molar-refractivity contribution in [2.45, 2.75) is 45.2 Å². The Hall–Kier alpha value is -1.06. The van der Waals surface area contributed by atoms with Crippen LogP contribution in [0.3, 0.4) is 0 Å². The van der Waals surface area contributed by atoms with E-state index in [2.05, 4.69) is 42.3 Å². The molecule has 0 amide bonds. The van der Waals surface area contributed by atoms with E-state index in [1.165, 1.54) is 31.4 Å². The number of methoxy groups -OCH3 is 1. The van der Waals surface area contributed by atoms with Gasteiger partial charge in [-0.1, -0.05) is 31.5 Å². The number of ether oxygens (including phenoxy) is 1. The summed E-state index contributed by atoms with van der Waals surface area (Å²) >= 11 is 0. The van der Waals surface area contributed by atoms with Crippen LogP contribution in [-0.2, 0) is 0 Å². The monoisotopic (exact) mass is 276 g/mol. The number of piperidine rings is 1. The molecule has 0 radical (unpaired) electrons. The zero-order chi connectivity index (χ0) is 14.4. The van der Waals surface area contributed by atoms with Crippen LogP contribution >= 0.6 is 0 Å². The summed E-state index contributed by atoms with van der Waals surface area (Å²) in [6, 6.07) is 9.40. The van der Waals surface area contributed by atoms with Crippen molar-refractivity contribution in [3.8, 4) is 5.75 Å². The highest BCUT2D eigenvalue weighted by atomic mass is 16.5. The second kappa shape index (κ2) is 7.65. The molecule has 1 heterocycles. The zero-order valence-electron chi connectivity index (χ0n) is 13.1. The molecule has 20 heavy (non-hydrogen) atoms. The molecule has 1 aliphatic rings. The summed E-state index contributed by atoms with van der Waals surface area (Å²) in [5, 5.41) is 3.65. The van der Waals surface area contributed by atoms with Crippen LogP contribution in [0, 0.1) is 0 Å². The lowest BCUT2D eigenvalue weighted by atomic mass is 10.0. The van der Waals surface area contributed by atoms with Crippen molar-refractivity contribution in [3.63, 3.8) is 0 Å². The molecule has 0 aromatic heterocycles. The fraction of sp³-hybridized carbons (Fsp3) is 0.647. The van der Waals surface area contributed by atoms with Crippen molar-refractivity contribution in [2.24, 2.45) is 0 Å². The van der Waals surface area contributed by atoms with Crippen LogP contribution in [0.5, 0.6) is 5.75 Å². The Labute approximate surface area is 123 Å². The van der Waals surface area contributed by atoms with Gasteiger partial charge >= 0.3 is 0 Å². The van der Waals surface area contributed by atoms with E-state index in [1.807, 2.05) is 6.07 Å². The number of nitrogens with one attached hydrogen (secondary N) is 1. The molecule has 1 aromatic rings. The standard InChI is InChI=1S/C17H28N2O/c1-4-19(13-15-9-7-8-12-18-15)14(2)16-10-5-6-11-17(16)20-3/h5-6,10-11,14-15,18H,4,7-9,12-13H2,1-3H3. The number of benzene rings is 1. The number of nitrogens with zero attached hydrogens (tertiary/aromatic N) is 1. The predicted molar refractivity (Wildman–Crippen MR) is 84.3 cm³/mol. The van der Waals surface area contributed by atoms with Gasteiger partial charge in [0, 0.05) is 24.2 Å². The lowest BCUT2D eigenvalue weighted by molar-refractivity contribution is 0.182. The molecule has 3 nitrogen and oxygen atoms in total. The van der Waals surface area contributed by atoms with E-state index in [4.69, 9.17) is 4.74 Å². The first kappa shape index (κ1) is 15.3. The molecule has 0 spiro atoms. The van der Waals surface area contributed by atoms with Crippen LogP contribution in [0.4, 0.5) is 0 Å². The second-order valence-corrected chi connectivity index (χ2v) is 5.65. The van der Waals surface area contributed by atoms with Crippen LogP contribution in [0.2, 0.25) is 0 Å². The summed E-state index contributed by atoms with van der Waals surface area (Å²) in [6.07, 6.45) is 3.98. The van der Waals surface area contributed by atoms with Crippen molar-refractivity contribution >= 4 is 0 Å². The van der Waals surface area contributed by atoms with Crippen molar-refractivity contribution in [3.05, 3.63) is 29.8 Å². The average molecular weight is 276 g/mol. The van der Waals surface area contributed by atoms with Crippen LogP contribution in [0.25, 0.3) is 0 Å². The van der Waals surface area contributed by atoms with Gasteiger partial charge in [0.05, 0.1) is 7.11 Å². The maximum Gasteiger partial charge on any atom is 0.123 e. The molecule has 112 valence electrons. The highest BCUT2D eigenvalue weighted by Gasteiger charge is 2.22. The van der Waals surface area contributed by atoms with Gasteiger partial charge in [0.15, 0.2) is 0 Å². The third-order valence-electron chi connectivity index (χ3n) is 4.41. The van der Waals surface area contributed by atoms with Gasteiger partial charge < -0.3 is 10.1 Å². The highest BCUT2D eigenvalue weighted by molar-refractivity contribution is 5.35. The molecular weight excluding hydrogens is 248 g/mol. The van der Waals surface area contributed by atoms with Gasteiger partial charge in [-0.25, -0.2) is 0 Å². The first-order chi connectivity index (χ1) is 9.76. The fourth-order valence-electron chi connectivity index (χ4n) is 3.13. The van der Waals surface area contributed by atoms with E-state index in [1.54, 1.807) is 7.11 Å². The molecule has 2 atom stereocenters. The molecule has 0 bridgehead atoms. The number of rotatable bonds is 6. The Morgan fingerprint density at radius 3 is 2.80 bits per heavy atom. The number of para-hydroxylation sites is 1. The van der Waals surface area contributed by atoms with Crippen LogP contribution in [0.1, 0.15) is 44.7 Å². The minimum Gasteiger partial charge on any atom is -0.496 e. The molecule has 1 aliphatic heterocycles. The summed E-state index contributed by atoms with van der Waals surface area (Å²) in [4.78, 5) is 2.54. The third kappa shape index (κ3) is 3.74. The van der Waals surface area contributed by atoms with E-state index in [-0.39, 0.29) is 0 Å². The first-order valence-corrected chi connectivity index (χ1v) is 7.86. The summed E-state index contributed by atoms with van der Waals surface area (Å²) in [5.41, 5.74) is 1.28. The fourth-order valence-corrected chi connectivity index (χ4v) is 3.13. The molecule has 0 aliphatic carbocycles. The summed E-state index contributed by atoms with van der Waals surface area (Å²) < 4.78 is 5.51. The molecule has 1 aromatic carbocycles. The van der Waals surface area contributed by atoms with E-state index >= 15 is 0 Å². The molecule has 1 fully saturated rings. The molecule has 1 N–H and O–H groups in total. The van der Waals surface area contributed by atoms with Crippen molar-refractivity contribution in [1.82, 2.24) is 10.2 Å². The molecule has 1 saturated heterocycles. The number of hydrogen-bond acceptors (Lipinski definition) is 3. The minimum atomic E-state index is 0.389. The normalized spacial score (nSPS) is 20.9. The summed E-state index contributed by atoms with van der Waals surface area (Å²) in [6.45, 7) is 7.89. The van der Waals surface area contributed by atoms with Gasteiger partial charge in [-0.15, -0.1) is 0 Å². The van der Waals surface area contributed by atoms with E-state index < -0.39 is 0 Å². The predicted octanol–water partition coefficient (Wildman–Crippen LogP) is 3.22. The van der Waals surface area contributed by atoms with Crippen molar-refractivity contribution < 1.29 is 4.74 Å². The van der Waals surface area contributed by atoms with Crippen LogP contribution in [0.15, 0.2) is 24.3 Å². The van der Waals surface area contributed by atoms with E-state index in [0.29, 0.717) is 12.1 Å². The molecule has 3 heteroatoms. The Morgan fingerprint density at radius 1 is 1.35 bits per heavy atom. The van der Waals surface area contributed by atoms with Gasteiger partial charge in [0.25, 0.3) is 0 Å². The Balaban J connectivity index is 2.05. The molecular formula is C17H28N2O. The quantitative estimate of drug-likeness (QED) is 0.863. The second-order valence-electron chi connectivity index (χ2n) is 5.65. The minimum absolute atomic E-state index is 0.389. The first-order valence-electron chi connectivity index (χ1n) is 7.86. The topological polar surface area (TPSA) is 24.5 Å². The lowest BCUT2D eigenvalue weighted by Crippen LogP contribution is -2.44. The highest BCUT2D eigenvalue weighted by Crippen LogP contribution is 2.29. The van der Waals surface area contributed by atoms with E-state index in [9.17, 15) is 0 Å². The van der Waals surface area contributed by atoms with Gasteiger partial charge in [0.2, 0.25) is 0 Å². The van der Waals surface area contributed by atoms with Gasteiger partial charge in [-0.05, 0) is 38.9 Å². The van der Waals surface area contributed by atoms with Gasteiger partial charge in [0.1, 0.15) is 5.75 Å². The van der Waals surface area contributed by atoms with Crippen molar-refractivity contribution in [1.29, 1.82) is 0 Å². The third-order valence-corrected chi connectivity index (χ3v) is 4.41. The smallest absolute Gasteiger partial charge is 0.123 e. The zero-order valence-corrected chi connectivity index (χ0v) is 13.1. The summed E-state index contributed by atoms with van der Waals surface area (Å²) in [5.74, 6) is 0.995. The molecule has 2 rings (SSSR count). The summed E-state index contributed by atoms with van der Waals surface area (Å²) in [7, 11) is 1.75. The Kier molecular flexibility index (Phi) is 5.86. The maximum absolute atomic E-state index is 5.51. The Morgan fingerprint density at radius 2 is 2.15 bits per heavy atom. The largest absolute Gasteiger partial charge is 0.496 e. The van der Waals surface area contributed by atoms with Crippen LogP contribution in [-0.4, -0.2) is 37.7 Å². The average Bonchev–Trinajstić information content (AvgIpc) is 2.53. The number of likely N-dealkylation sites (N-methyl/N-ethyl adjacent to an activating group) is 1. The van der Waals surface area contributed by atoms with Crippen molar-refractivity contribution in [2.75, 3.05) is 26.7 Å². The van der Waals surface area contributed by atoms with Gasteiger partial charge in [-0.3, -0.25) is 4.90 Å². The Bertz CT molecular complexity index is 402. The van der Waals surface area contributed by atoms with E-state index in [0.717, 1.165) is 18.8 Å². The lowest BCUT2D eigenvalue weighted by Gasteiger charge is -2.34. The maximum atomic E-state index is 5.51. The van der Waals surface area contributed by atoms with Crippen LogP contribution < -0.4 is 10.1 Å². The van der Waals surface area contributed by atoms with Gasteiger partial charge in [-0.2, -0.15) is 0 Å². The molecule has 0 saturated carbocycles. The SMILES string of the molecule is CCN(CC1CCCCN1)C(C)c1ccccc1OC.